The molecule has 1 unspecified atom stereocenters. The number of methoxy groups -OCH3 is 2. The summed E-state index contributed by atoms with van der Waals surface area (Å²) in [5.41, 5.74) is 0. The standard InChI is InChI=1S/C13H23NO4/c1-10(13(16)18-3)8-14(12(15)9-17-2)11-6-4-5-7-11/h10-11H,4-9H2,1-3H3. The van der Waals surface area contributed by atoms with Gasteiger partial charge in [-0.05, 0) is 12.8 Å². The molecule has 5 heteroatoms. The van der Waals surface area contributed by atoms with Crippen molar-refractivity contribution in [1.29, 1.82) is 0 Å². The van der Waals surface area contributed by atoms with Gasteiger partial charge in [-0.2, -0.15) is 0 Å². The van der Waals surface area contributed by atoms with Gasteiger partial charge >= 0.3 is 5.97 Å². The van der Waals surface area contributed by atoms with Gasteiger partial charge < -0.3 is 14.4 Å². The summed E-state index contributed by atoms with van der Waals surface area (Å²) in [6.45, 7) is 2.28. The van der Waals surface area contributed by atoms with Crippen LogP contribution in [-0.4, -0.2) is 50.2 Å². The van der Waals surface area contributed by atoms with E-state index in [9.17, 15) is 9.59 Å². The maximum Gasteiger partial charge on any atom is 0.310 e. The molecule has 1 fully saturated rings. The molecule has 18 heavy (non-hydrogen) atoms. The number of hydrogen-bond acceptors (Lipinski definition) is 4. The second-order valence-corrected chi connectivity index (χ2v) is 4.84. The fraction of sp³-hybridized carbons (Fsp3) is 0.846. The highest BCUT2D eigenvalue weighted by Crippen LogP contribution is 2.24. The van der Waals surface area contributed by atoms with E-state index in [1.807, 2.05) is 0 Å². The fourth-order valence-corrected chi connectivity index (χ4v) is 2.45. The molecule has 0 aliphatic heterocycles. The maximum atomic E-state index is 12.0. The van der Waals surface area contributed by atoms with E-state index in [0.29, 0.717) is 6.54 Å². The van der Waals surface area contributed by atoms with Crippen molar-refractivity contribution >= 4 is 11.9 Å². The lowest BCUT2D eigenvalue weighted by Crippen LogP contribution is -2.44. The Balaban J connectivity index is 2.64. The summed E-state index contributed by atoms with van der Waals surface area (Å²) in [7, 11) is 2.88. The first-order chi connectivity index (χ1) is 8.60. The zero-order valence-electron chi connectivity index (χ0n) is 11.5. The van der Waals surface area contributed by atoms with Gasteiger partial charge in [0.15, 0.2) is 0 Å². The zero-order valence-corrected chi connectivity index (χ0v) is 11.5. The first-order valence-electron chi connectivity index (χ1n) is 6.46. The predicted molar refractivity (Wildman–Crippen MR) is 67.0 cm³/mol. The van der Waals surface area contributed by atoms with E-state index in [1.54, 1.807) is 11.8 Å². The smallest absolute Gasteiger partial charge is 0.310 e. The highest BCUT2D eigenvalue weighted by atomic mass is 16.5. The molecule has 0 aromatic rings. The van der Waals surface area contributed by atoms with E-state index in [1.165, 1.54) is 14.2 Å². The van der Waals surface area contributed by atoms with E-state index in [4.69, 9.17) is 9.47 Å². The molecule has 0 spiro atoms. The first kappa shape index (κ1) is 15.0. The fourth-order valence-electron chi connectivity index (χ4n) is 2.45. The number of carbonyl (C=O) groups is 2. The second-order valence-electron chi connectivity index (χ2n) is 4.84. The summed E-state index contributed by atoms with van der Waals surface area (Å²) in [4.78, 5) is 25.3. The highest BCUT2D eigenvalue weighted by Gasteiger charge is 2.29. The van der Waals surface area contributed by atoms with Crippen molar-refractivity contribution in [3.63, 3.8) is 0 Å². The quantitative estimate of drug-likeness (QED) is 0.671. The van der Waals surface area contributed by atoms with Crippen LogP contribution in [0.5, 0.6) is 0 Å². The van der Waals surface area contributed by atoms with Gasteiger partial charge in [0, 0.05) is 19.7 Å². The average molecular weight is 257 g/mol. The summed E-state index contributed by atoms with van der Waals surface area (Å²) in [6.07, 6.45) is 4.33. The van der Waals surface area contributed by atoms with Crippen molar-refractivity contribution in [3.05, 3.63) is 0 Å². The molecule has 1 aliphatic carbocycles. The lowest BCUT2D eigenvalue weighted by molar-refractivity contribution is -0.147. The highest BCUT2D eigenvalue weighted by molar-refractivity contribution is 5.79. The molecule has 1 aliphatic rings. The summed E-state index contributed by atoms with van der Waals surface area (Å²) >= 11 is 0. The van der Waals surface area contributed by atoms with Gasteiger partial charge in [-0.1, -0.05) is 19.8 Å². The third-order valence-corrected chi connectivity index (χ3v) is 3.43. The number of ether oxygens (including phenoxy) is 2. The number of nitrogens with zero attached hydrogens (tertiary/aromatic N) is 1. The van der Waals surface area contributed by atoms with Crippen LogP contribution < -0.4 is 0 Å². The lowest BCUT2D eigenvalue weighted by atomic mass is 10.1. The van der Waals surface area contributed by atoms with Crippen LogP contribution in [0.25, 0.3) is 0 Å². The number of hydrogen-bond donors (Lipinski definition) is 0. The van der Waals surface area contributed by atoms with Crippen LogP contribution in [0, 0.1) is 5.92 Å². The molecule has 0 radical (unpaired) electrons. The maximum absolute atomic E-state index is 12.0. The molecule has 0 heterocycles. The molecule has 0 saturated heterocycles. The van der Waals surface area contributed by atoms with Crippen molar-refractivity contribution in [2.45, 2.75) is 38.6 Å². The van der Waals surface area contributed by atoms with Crippen molar-refractivity contribution < 1.29 is 19.1 Å². The van der Waals surface area contributed by atoms with E-state index >= 15 is 0 Å². The summed E-state index contributed by atoms with van der Waals surface area (Å²) in [5, 5.41) is 0. The molecule has 0 aromatic heterocycles. The monoisotopic (exact) mass is 257 g/mol. The van der Waals surface area contributed by atoms with Gasteiger partial charge in [-0.15, -0.1) is 0 Å². The zero-order chi connectivity index (χ0) is 13.5. The minimum absolute atomic E-state index is 0.0415. The normalized spacial score (nSPS) is 17.5. The molecule has 0 aromatic carbocycles. The van der Waals surface area contributed by atoms with Crippen LogP contribution >= 0.6 is 0 Å². The molecule has 1 saturated carbocycles. The molecule has 0 bridgehead atoms. The third-order valence-electron chi connectivity index (χ3n) is 3.43. The van der Waals surface area contributed by atoms with Crippen molar-refractivity contribution in [2.75, 3.05) is 27.4 Å². The van der Waals surface area contributed by atoms with E-state index in [-0.39, 0.29) is 30.4 Å². The van der Waals surface area contributed by atoms with E-state index in [0.717, 1.165) is 25.7 Å². The minimum Gasteiger partial charge on any atom is -0.469 e. The van der Waals surface area contributed by atoms with Gasteiger partial charge in [0.1, 0.15) is 6.61 Å². The van der Waals surface area contributed by atoms with Gasteiger partial charge in [0.2, 0.25) is 5.91 Å². The van der Waals surface area contributed by atoms with Crippen LogP contribution in [0.1, 0.15) is 32.6 Å². The van der Waals surface area contributed by atoms with Gasteiger partial charge in [-0.3, -0.25) is 9.59 Å². The largest absolute Gasteiger partial charge is 0.469 e. The van der Waals surface area contributed by atoms with Crippen molar-refractivity contribution in [2.24, 2.45) is 5.92 Å². The third kappa shape index (κ3) is 3.98. The number of esters is 1. The molecule has 1 amide bonds. The number of carbonyl (C=O) groups excluding carboxylic acids is 2. The molecule has 5 nitrogen and oxygen atoms in total. The minimum atomic E-state index is -0.295. The Morgan fingerprint density at radius 3 is 2.39 bits per heavy atom. The molecular weight excluding hydrogens is 234 g/mol. The Morgan fingerprint density at radius 1 is 1.28 bits per heavy atom. The Hall–Kier alpha value is -1.10. The number of amides is 1. The Morgan fingerprint density at radius 2 is 1.89 bits per heavy atom. The first-order valence-corrected chi connectivity index (χ1v) is 6.46. The molecule has 1 atom stereocenters. The van der Waals surface area contributed by atoms with Crippen molar-refractivity contribution in [1.82, 2.24) is 4.90 Å². The summed E-state index contributed by atoms with van der Waals surface area (Å²) < 4.78 is 9.61. The number of rotatable bonds is 6. The summed E-state index contributed by atoms with van der Waals surface area (Å²) in [6, 6.07) is 0.250. The lowest BCUT2D eigenvalue weighted by Gasteiger charge is -2.30. The average Bonchev–Trinajstić information content (AvgIpc) is 2.88. The molecular formula is C13H23NO4. The second kappa shape index (κ2) is 7.36. The Bertz CT molecular complexity index is 287. The van der Waals surface area contributed by atoms with Crippen LogP contribution in [0.4, 0.5) is 0 Å². The van der Waals surface area contributed by atoms with Crippen LogP contribution in [0.3, 0.4) is 0 Å². The van der Waals surface area contributed by atoms with Gasteiger partial charge in [0.25, 0.3) is 0 Å². The summed E-state index contributed by atoms with van der Waals surface area (Å²) in [5.74, 6) is -0.611. The molecule has 0 N–H and O–H groups in total. The van der Waals surface area contributed by atoms with E-state index < -0.39 is 0 Å². The molecule has 104 valence electrons. The van der Waals surface area contributed by atoms with Crippen LogP contribution in [-0.2, 0) is 19.1 Å². The van der Waals surface area contributed by atoms with Crippen molar-refractivity contribution in [3.8, 4) is 0 Å². The SMILES string of the molecule is COCC(=O)N(CC(C)C(=O)OC)C1CCCC1. The Labute approximate surface area is 108 Å². The van der Waals surface area contributed by atoms with E-state index in [2.05, 4.69) is 0 Å². The van der Waals surface area contributed by atoms with Gasteiger partial charge in [-0.25, -0.2) is 0 Å². The molecule has 1 rings (SSSR count). The Kier molecular flexibility index (Phi) is 6.12. The van der Waals surface area contributed by atoms with Crippen LogP contribution in [0.2, 0.25) is 0 Å². The van der Waals surface area contributed by atoms with Gasteiger partial charge in [0.05, 0.1) is 13.0 Å². The topological polar surface area (TPSA) is 55.8 Å². The predicted octanol–water partition coefficient (Wildman–Crippen LogP) is 1.21. The van der Waals surface area contributed by atoms with Crippen LogP contribution in [0.15, 0.2) is 0 Å².